The molecule has 0 aromatic heterocycles. The second-order valence-electron chi connectivity index (χ2n) is 5.74. The fourth-order valence-electron chi connectivity index (χ4n) is 2.48. The summed E-state index contributed by atoms with van der Waals surface area (Å²) in [5.74, 6) is -0.874. The molecule has 0 saturated heterocycles. The third-order valence-corrected chi connectivity index (χ3v) is 4.20. The van der Waals surface area contributed by atoms with Gasteiger partial charge in [-0.25, -0.2) is 0 Å². The number of hydrogen-bond donors (Lipinski definition) is 2. The second kappa shape index (κ2) is 8.32. The maximum Gasteiger partial charge on any atom is 0.292 e. The van der Waals surface area contributed by atoms with Crippen molar-refractivity contribution in [2.24, 2.45) is 0 Å². The van der Waals surface area contributed by atoms with E-state index in [9.17, 15) is 19.7 Å². The Morgan fingerprint density at radius 2 is 1.46 bits per heavy atom. The highest BCUT2D eigenvalue weighted by molar-refractivity contribution is 6.34. The van der Waals surface area contributed by atoms with Crippen LogP contribution in [-0.4, -0.2) is 16.7 Å². The lowest BCUT2D eigenvalue weighted by molar-refractivity contribution is -0.383. The van der Waals surface area contributed by atoms with Crippen molar-refractivity contribution in [2.45, 2.75) is 0 Å². The molecule has 3 rings (SSSR count). The van der Waals surface area contributed by atoms with E-state index in [4.69, 9.17) is 11.6 Å². The van der Waals surface area contributed by atoms with Crippen molar-refractivity contribution in [1.82, 2.24) is 0 Å². The molecule has 3 aromatic carbocycles. The minimum absolute atomic E-state index is 0.105. The summed E-state index contributed by atoms with van der Waals surface area (Å²) in [4.78, 5) is 35.1. The van der Waals surface area contributed by atoms with E-state index in [1.54, 1.807) is 42.5 Å². The first-order chi connectivity index (χ1) is 13.5. The maximum absolute atomic E-state index is 12.4. The number of amides is 2. The standard InChI is InChI=1S/C20H14ClN3O4/c21-16-6-2-1-5-15(16)20(26)22-14-11-9-13(10-12-14)19(25)23-17-7-3-4-8-18(17)24(27)28/h1-12H,(H,22,26)(H,23,25). The smallest absolute Gasteiger partial charge is 0.292 e. The molecule has 0 saturated carbocycles. The number of nitro benzene ring substituents is 1. The molecule has 0 fully saturated rings. The van der Waals surface area contributed by atoms with Crippen LogP contribution in [0.15, 0.2) is 72.8 Å². The highest BCUT2D eigenvalue weighted by atomic mass is 35.5. The monoisotopic (exact) mass is 395 g/mol. The predicted molar refractivity (Wildman–Crippen MR) is 107 cm³/mol. The Labute approximate surface area is 165 Å². The predicted octanol–water partition coefficient (Wildman–Crippen LogP) is 4.75. The highest BCUT2D eigenvalue weighted by Crippen LogP contribution is 2.24. The molecule has 0 spiro atoms. The molecule has 3 aromatic rings. The Balaban J connectivity index is 1.71. The van der Waals surface area contributed by atoms with Crippen LogP contribution in [0.5, 0.6) is 0 Å². The van der Waals surface area contributed by atoms with Crippen LogP contribution in [0.2, 0.25) is 5.02 Å². The third-order valence-electron chi connectivity index (χ3n) is 3.87. The average Bonchev–Trinajstić information content (AvgIpc) is 2.69. The van der Waals surface area contributed by atoms with E-state index in [0.717, 1.165) is 0 Å². The molecule has 7 nitrogen and oxygen atoms in total. The van der Waals surface area contributed by atoms with Crippen LogP contribution in [-0.2, 0) is 0 Å². The minimum atomic E-state index is -0.567. The number of para-hydroxylation sites is 2. The Morgan fingerprint density at radius 3 is 2.14 bits per heavy atom. The van der Waals surface area contributed by atoms with Gasteiger partial charge in [0.1, 0.15) is 5.69 Å². The first-order valence-corrected chi connectivity index (χ1v) is 8.54. The summed E-state index contributed by atoms with van der Waals surface area (Å²) in [5.41, 5.74) is 1.01. The van der Waals surface area contributed by atoms with Gasteiger partial charge in [0.25, 0.3) is 17.5 Å². The van der Waals surface area contributed by atoms with Crippen molar-refractivity contribution >= 4 is 40.5 Å². The summed E-state index contributed by atoms with van der Waals surface area (Å²) in [6.07, 6.45) is 0. The molecule has 28 heavy (non-hydrogen) atoms. The van der Waals surface area contributed by atoms with E-state index < -0.39 is 10.8 Å². The molecule has 0 radical (unpaired) electrons. The lowest BCUT2D eigenvalue weighted by Gasteiger charge is -2.08. The molecule has 0 heterocycles. The summed E-state index contributed by atoms with van der Waals surface area (Å²) < 4.78 is 0. The number of carbonyl (C=O) groups is 2. The first-order valence-electron chi connectivity index (χ1n) is 8.16. The molecule has 0 aliphatic heterocycles. The SMILES string of the molecule is O=C(Nc1ccccc1[N+](=O)[O-])c1ccc(NC(=O)c2ccccc2Cl)cc1. The summed E-state index contributed by atoms with van der Waals surface area (Å²) in [6.45, 7) is 0. The van der Waals surface area contributed by atoms with Crippen LogP contribution in [0.25, 0.3) is 0 Å². The summed E-state index contributed by atoms with van der Waals surface area (Å²) >= 11 is 6.00. The molecule has 8 heteroatoms. The number of nitrogens with one attached hydrogen (secondary N) is 2. The Morgan fingerprint density at radius 1 is 0.821 bits per heavy atom. The van der Waals surface area contributed by atoms with Gasteiger partial charge in [-0.1, -0.05) is 35.9 Å². The zero-order chi connectivity index (χ0) is 20.1. The van der Waals surface area contributed by atoms with Gasteiger partial charge in [0.2, 0.25) is 0 Å². The molecule has 0 aliphatic carbocycles. The zero-order valence-corrected chi connectivity index (χ0v) is 15.1. The maximum atomic E-state index is 12.4. The topological polar surface area (TPSA) is 101 Å². The Hall–Kier alpha value is -3.71. The highest BCUT2D eigenvalue weighted by Gasteiger charge is 2.16. The van der Waals surface area contributed by atoms with Crippen LogP contribution in [0, 0.1) is 10.1 Å². The van der Waals surface area contributed by atoms with Gasteiger partial charge in [-0.2, -0.15) is 0 Å². The second-order valence-corrected chi connectivity index (χ2v) is 6.15. The van der Waals surface area contributed by atoms with Crippen molar-refractivity contribution < 1.29 is 14.5 Å². The molecule has 0 atom stereocenters. The van der Waals surface area contributed by atoms with E-state index in [0.29, 0.717) is 16.3 Å². The van der Waals surface area contributed by atoms with Crippen molar-refractivity contribution in [3.63, 3.8) is 0 Å². The van der Waals surface area contributed by atoms with Gasteiger partial charge >= 0.3 is 0 Å². The lowest BCUT2D eigenvalue weighted by Crippen LogP contribution is -2.14. The van der Waals surface area contributed by atoms with E-state index in [1.807, 2.05) is 0 Å². The van der Waals surface area contributed by atoms with Crippen molar-refractivity contribution in [3.8, 4) is 0 Å². The van der Waals surface area contributed by atoms with E-state index >= 15 is 0 Å². The summed E-state index contributed by atoms with van der Waals surface area (Å²) in [6, 6.07) is 18.7. The zero-order valence-electron chi connectivity index (χ0n) is 14.4. The van der Waals surface area contributed by atoms with Crippen LogP contribution < -0.4 is 10.6 Å². The van der Waals surface area contributed by atoms with Gasteiger partial charge in [0.15, 0.2) is 0 Å². The molecular formula is C20H14ClN3O4. The normalized spacial score (nSPS) is 10.2. The molecular weight excluding hydrogens is 382 g/mol. The molecule has 140 valence electrons. The fourth-order valence-corrected chi connectivity index (χ4v) is 2.70. The van der Waals surface area contributed by atoms with Gasteiger partial charge in [0, 0.05) is 17.3 Å². The third kappa shape index (κ3) is 4.33. The van der Waals surface area contributed by atoms with E-state index in [1.165, 1.54) is 30.3 Å². The largest absolute Gasteiger partial charge is 0.322 e. The van der Waals surface area contributed by atoms with Crippen LogP contribution in [0.4, 0.5) is 17.1 Å². The molecule has 0 unspecified atom stereocenters. The van der Waals surface area contributed by atoms with Crippen molar-refractivity contribution in [1.29, 1.82) is 0 Å². The number of benzene rings is 3. The quantitative estimate of drug-likeness (QED) is 0.480. The average molecular weight is 396 g/mol. The number of nitrogens with zero attached hydrogens (tertiary/aromatic N) is 1. The molecule has 0 bridgehead atoms. The number of carbonyl (C=O) groups excluding carboxylic acids is 2. The van der Waals surface area contributed by atoms with E-state index in [2.05, 4.69) is 10.6 Å². The van der Waals surface area contributed by atoms with Gasteiger partial charge in [-0.3, -0.25) is 19.7 Å². The van der Waals surface area contributed by atoms with Crippen LogP contribution in [0.1, 0.15) is 20.7 Å². The number of nitro groups is 1. The fraction of sp³-hybridized carbons (Fsp3) is 0. The van der Waals surface area contributed by atoms with Gasteiger partial charge in [-0.15, -0.1) is 0 Å². The minimum Gasteiger partial charge on any atom is -0.322 e. The Bertz CT molecular complexity index is 1050. The van der Waals surface area contributed by atoms with Crippen molar-refractivity contribution in [2.75, 3.05) is 10.6 Å². The number of hydrogen-bond acceptors (Lipinski definition) is 4. The van der Waals surface area contributed by atoms with Gasteiger partial charge in [0.05, 0.1) is 15.5 Å². The van der Waals surface area contributed by atoms with E-state index in [-0.39, 0.29) is 22.8 Å². The molecule has 0 aliphatic rings. The number of anilines is 2. The summed E-state index contributed by atoms with van der Waals surface area (Å²) in [7, 11) is 0. The summed E-state index contributed by atoms with van der Waals surface area (Å²) in [5, 5.41) is 16.6. The lowest BCUT2D eigenvalue weighted by atomic mass is 10.1. The number of rotatable bonds is 5. The number of halogens is 1. The van der Waals surface area contributed by atoms with Gasteiger partial charge in [-0.05, 0) is 42.5 Å². The van der Waals surface area contributed by atoms with Gasteiger partial charge < -0.3 is 10.6 Å². The molecule has 2 N–H and O–H groups in total. The van der Waals surface area contributed by atoms with Crippen LogP contribution >= 0.6 is 11.6 Å². The van der Waals surface area contributed by atoms with Crippen molar-refractivity contribution in [3.05, 3.63) is 99.1 Å². The van der Waals surface area contributed by atoms with Crippen LogP contribution in [0.3, 0.4) is 0 Å². The molecule has 2 amide bonds. The first kappa shape index (κ1) is 19.1. The Kier molecular flexibility index (Phi) is 5.67.